The summed E-state index contributed by atoms with van der Waals surface area (Å²) in [5.41, 5.74) is 5.72. The van der Waals surface area contributed by atoms with E-state index in [4.69, 9.17) is 4.74 Å². The summed E-state index contributed by atoms with van der Waals surface area (Å²) in [6.45, 7) is 6.04. The van der Waals surface area contributed by atoms with Gasteiger partial charge in [-0.05, 0) is 61.9 Å². The highest BCUT2D eigenvalue weighted by atomic mass is 16.5. The van der Waals surface area contributed by atoms with E-state index < -0.39 is 0 Å². The molecule has 8 heteroatoms. The van der Waals surface area contributed by atoms with E-state index >= 15 is 0 Å². The largest absolute Gasteiger partial charge is 0.381 e. The predicted molar refractivity (Wildman–Crippen MR) is 135 cm³/mol. The standard InChI is InChI=1S/C27H32N6O2/c1-18-2-3-19(27(34)31-21-4-5-21)10-26(18)20-12-29-33(15-20)24-11-23(13-28-14-24)30-22-6-8-32(9-7-22)25-16-35-17-25/h2-3,10-15,21-22,25,30H,4-9,16-17H2,1H3,(H,31,34). The number of rotatable bonds is 7. The van der Waals surface area contributed by atoms with Crippen molar-refractivity contribution in [1.82, 2.24) is 25.0 Å². The molecule has 0 atom stereocenters. The summed E-state index contributed by atoms with van der Waals surface area (Å²) in [5.74, 6) is -0.00373. The van der Waals surface area contributed by atoms with Crippen LogP contribution in [0.3, 0.4) is 0 Å². The fourth-order valence-electron chi connectivity index (χ4n) is 4.88. The zero-order valence-corrected chi connectivity index (χ0v) is 20.1. The van der Waals surface area contributed by atoms with Crippen LogP contribution in [-0.2, 0) is 4.74 Å². The lowest BCUT2D eigenvalue weighted by molar-refractivity contribution is -0.0705. The van der Waals surface area contributed by atoms with E-state index in [1.54, 1.807) is 0 Å². The molecule has 6 rings (SSSR count). The lowest BCUT2D eigenvalue weighted by Crippen LogP contribution is -2.53. The average Bonchev–Trinajstić information content (AvgIpc) is 3.51. The number of amides is 1. The lowest BCUT2D eigenvalue weighted by Gasteiger charge is -2.41. The molecule has 8 nitrogen and oxygen atoms in total. The highest BCUT2D eigenvalue weighted by molar-refractivity contribution is 5.96. The Kier molecular flexibility index (Phi) is 6.00. The molecule has 0 unspecified atom stereocenters. The van der Waals surface area contributed by atoms with E-state index in [-0.39, 0.29) is 5.91 Å². The highest BCUT2D eigenvalue weighted by Crippen LogP contribution is 2.27. The number of aromatic nitrogens is 3. The Balaban J connectivity index is 1.14. The van der Waals surface area contributed by atoms with Crippen LogP contribution in [-0.4, -0.2) is 70.0 Å². The van der Waals surface area contributed by atoms with Crippen molar-refractivity contribution in [1.29, 1.82) is 0 Å². The number of nitrogens with zero attached hydrogens (tertiary/aromatic N) is 4. The van der Waals surface area contributed by atoms with Crippen molar-refractivity contribution in [3.8, 4) is 16.8 Å². The molecule has 2 saturated heterocycles. The SMILES string of the molecule is Cc1ccc(C(=O)NC2CC2)cc1-c1cnn(-c2cncc(NC3CCN(C4COC4)CC3)c2)c1. The van der Waals surface area contributed by atoms with Gasteiger partial charge in [0.15, 0.2) is 0 Å². The molecule has 2 N–H and O–H groups in total. The number of nitrogens with one attached hydrogen (secondary N) is 2. The number of benzene rings is 1. The van der Waals surface area contributed by atoms with E-state index in [1.165, 1.54) is 0 Å². The topological polar surface area (TPSA) is 84.3 Å². The first-order valence-corrected chi connectivity index (χ1v) is 12.6. The molecule has 0 bridgehead atoms. The summed E-state index contributed by atoms with van der Waals surface area (Å²) in [7, 11) is 0. The van der Waals surface area contributed by atoms with Crippen molar-refractivity contribution in [3.63, 3.8) is 0 Å². The number of carbonyl (C=O) groups is 1. The van der Waals surface area contributed by atoms with Crippen LogP contribution in [0.2, 0.25) is 0 Å². The normalized spacial score (nSPS) is 19.3. The molecule has 182 valence electrons. The van der Waals surface area contributed by atoms with Crippen LogP contribution in [0.4, 0.5) is 5.69 Å². The van der Waals surface area contributed by atoms with Crippen molar-refractivity contribution in [2.45, 2.75) is 50.7 Å². The summed E-state index contributed by atoms with van der Waals surface area (Å²) >= 11 is 0. The van der Waals surface area contributed by atoms with Crippen molar-refractivity contribution in [2.75, 3.05) is 31.6 Å². The molecule has 1 saturated carbocycles. The second-order valence-electron chi connectivity index (χ2n) is 10.0. The number of aryl methyl sites for hydroxylation is 1. The number of anilines is 1. The highest BCUT2D eigenvalue weighted by Gasteiger charge is 2.29. The molecule has 0 radical (unpaired) electrons. The molecule has 1 aliphatic carbocycles. The zero-order chi connectivity index (χ0) is 23.8. The number of pyridine rings is 1. The Morgan fingerprint density at radius 2 is 1.86 bits per heavy atom. The van der Waals surface area contributed by atoms with Crippen LogP contribution in [0.15, 0.2) is 49.1 Å². The molecular formula is C27H32N6O2. The van der Waals surface area contributed by atoms with Gasteiger partial charge >= 0.3 is 0 Å². The molecule has 35 heavy (non-hydrogen) atoms. The second-order valence-corrected chi connectivity index (χ2v) is 10.0. The van der Waals surface area contributed by atoms with Crippen LogP contribution in [0.25, 0.3) is 16.8 Å². The minimum absolute atomic E-state index is 0.00373. The molecular weight excluding hydrogens is 440 g/mol. The maximum atomic E-state index is 12.5. The van der Waals surface area contributed by atoms with Crippen molar-refractivity contribution < 1.29 is 9.53 Å². The first-order chi connectivity index (χ1) is 17.1. The van der Waals surface area contributed by atoms with Crippen LogP contribution in [0.5, 0.6) is 0 Å². The number of ether oxygens (including phenoxy) is 1. The smallest absolute Gasteiger partial charge is 0.251 e. The number of piperidine rings is 1. The first kappa shape index (κ1) is 22.2. The average molecular weight is 473 g/mol. The van der Waals surface area contributed by atoms with Gasteiger partial charge in [0, 0.05) is 42.5 Å². The van der Waals surface area contributed by atoms with Crippen molar-refractivity contribution in [3.05, 3.63) is 60.2 Å². The molecule has 3 fully saturated rings. The van der Waals surface area contributed by atoms with E-state index in [2.05, 4.69) is 38.6 Å². The quantitative estimate of drug-likeness (QED) is 0.548. The molecule has 2 aromatic heterocycles. The van der Waals surface area contributed by atoms with Gasteiger partial charge in [0.1, 0.15) is 0 Å². The summed E-state index contributed by atoms with van der Waals surface area (Å²) in [6, 6.07) is 9.37. The van der Waals surface area contributed by atoms with Crippen LogP contribution in [0, 0.1) is 6.92 Å². The van der Waals surface area contributed by atoms with Gasteiger partial charge in [0.25, 0.3) is 5.91 Å². The third-order valence-corrected chi connectivity index (χ3v) is 7.33. The van der Waals surface area contributed by atoms with Gasteiger partial charge < -0.3 is 15.4 Å². The second kappa shape index (κ2) is 9.43. The van der Waals surface area contributed by atoms with Gasteiger partial charge in [0.2, 0.25) is 0 Å². The van der Waals surface area contributed by atoms with Gasteiger partial charge in [-0.25, -0.2) is 4.68 Å². The monoisotopic (exact) mass is 472 g/mol. The Morgan fingerprint density at radius 3 is 2.60 bits per heavy atom. The molecule has 3 aromatic rings. The number of hydrogen-bond acceptors (Lipinski definition) is 6. The number of hydrogen-bond donors (Lipinski definition) is 2. The van der Waals surface area contributed by atoms with E-state index in [1.807, 2.05) is 47.7 Å². The fourth-order valence-corrected chi connectivity index (χ4v) is 4.88. The van der Waals surface area contributed by atoms with Gasteiger partial charge in [-0.1, -0.05) is 6.07 Å². The third-order valence-electron chi connectivity index (χ3n) is 7.33. The van der Waals surface area contributed by atoms with Crippen LogP contribution < -0.4 is 10.6 Å². The molecule has 4 heterocycles. The Labute approximate surface area is 205 Å². The Hall–Kier alpha value is -3.23. The van der Waals surface area contributed by atoms with Crippen molar-refractivity contribution in [2.24, 2.45) is 0 Å². The lowest BCUT2D eigenvalue weighted by atomic mass is 10.0. The zero-order valence-electron chi connectivity index (χ0n) is 20.1. The minimum Gasteiger partial charge on any atom is -0.381 e. The van der Waals surface area contributed by atoms with E-state index in [9.17, 15) is 4.79 Å². The summed E-state index contributed by atoms with van der Waals surface area (Å²) in [6.07, 6.45) is 12.0. The summed E-state index contributed by atoms with van der Waals surface area (Å²) < 4.78 is 7.19. The van der Waals surface area contributed by atoms with Gasteiger partial charge in [-0.3, -0.25) is 14.7 Å². The van der Waals surface area contributed by atoms with Crippen LogP contribution >= 0.6 is 0 Å². The minimum atomic E-state index is -0.00373. The predicted octanol–water partition coefficient (Wildman–Crippen LogP) is 3.41. The molecule has 0 spiro atoms. The summed E-state index contributed by atoms with van der Waals surface area (Å²) in [5, 5.41) is 11.3. The molecule has 3 aliphatic rings. The first-order valence-electron chi connectivity index (χ1n) is 12.6. The molecule has 1 aromatic carbocycles. The number of likely N-dealkylation sites (tertiary alicyclic amines) is 1. The number of carbonyl (C=O) groups excluding carboxylic acids is 1. The van der Waals surface area contributed by atoms with E-state index in [0.717, 1.165) is 80.1 Å². The Morgan fingerprint density at radius 1 is 1.03 bits per heavy atom. The van der Waals surface area contributed by atoms with Gasteiger partial charge in [-0.15, -0.1) is 0 Å². The van der Waals surface area contributed by atoms with Gasteiger partial charge in [-0.2, -0.15) is 5.10 Å². The molecule has 1 amide bonds. The maximum absolute atomic E-state index is 12.5. The van der Waals surface area contributed by atoms with Crippen LogP contribution in [0.1, 0.15) is 41.6 Å². The summed E-state index contributed by atoms with van der Waals surface area (Å²) in [4.78, 5) is 19.5. The van der Waals surface area contributed by atoms with Crippen molar-refractivity contribution >= 4 is 11.6 Å². The molecule has 2 aliphatic heterocycles. The van der Waals surface area contributed by atoms with E-state index in [0.29, 0.717) is 23.7 Å². The fraction of sp³-hybridized carbons (Fsp3) is 0.444. The van der Waals surface area contributed by atoms with Gasteiger partial charge in [0.05, 0.1) is 49.2 Å². The third kappa shape index (κ3) is 4.94. The Bertz CT molecular complexity index is 1210. The maximum Gasteiger partial charge on any atom is 0.251 e.